The maximum atomic E-state index is 5.95. The monoisotopic (exact) mass is 300 g/mol. The van der Waals surface area contributed by atoms with Crippen molar-refractivity contribution in [2.75, 3.05) is 6.61 Å². The lowest BCUT2D eigenvalue weighted by Crippen LogP contribution is -2.29. The highest BCUT2D eigenvalue weighted by Crippen LogP contribution is 2.40. The Morgan fingerprint density at radius 1 is 1.14 bits per heavy atom. The van der Waals surface area contributed by atoms with Gasteiger partial charge in [-0.05, 0) is 49.3 Å². The largest absolute Gasteiger partial charge is 0.493 e. The Hall–Kier alpha value is -1.36. The first-order valence-corrected chi connectivity index (χ1v) is 8.50. The highest BCUT2D eigenvalue weighted by Gasteiger charge is 2.25. The number of rotatable bonds is 3. The maximum absolute atomic E-state index is 5.95. The predicted octanol–water partition coefficient (Wildman–Crippen LogP) is 3.11. The lowest BCUT2D eigenvalue weighted by molar-refractivity contribution is 0.283. The Bertz CT molecular complexity index is 643. The van der Waals surface area contributed by atoms with Crippen LogP contribution in [-0.2, 0) is 19.3 Å². The van der Waals surface area contributed by atoms with Gasteiger partial charge in [0.1, 0.15) is 5.75 Å². The normalized spacial score (nSPS) is 18.0. The zero-order valence-corrected chi connectivity index (χ0v) is 12.8. The molecule has 1 aliphatic carbocycles. The third-order valence-corrected chi connectivity index (χ3v) is 5.79. The number of para-hydroxylation sites is 1. The minimum atomic E-state index is 0.0358. The van der Waals surface area contributed by atoms with E-state index in [1.807, 2.05) is 11.3 Å². The number of thiophene rings is 1. The molecule has 3 N–H and O–H groups in total. The number of nitrogens with two attached hydrogens (primary N) is 1. The fourth-order valence-electron chi connectivity index (χ4n) is 3.46. The summed E-state index contributed by atoms with van der Waals surface area (Å²) in [5, 5.41) is 0. The van der Waals surface area contributed by atoms with Gasteiger partial charge in [-0.1, -0.05) is 18.2 Å². The summed E-state index contributed by atoms with van der Waals surface area (Å²) in [5.41, 5.74) is 7.00. The van der Waals surface area contributed by atoms with Gasteiger partial charge in [0.25, 0.3) is 0 Å². The molecule has 0 amide bonds. The van der Waals surface area contributed by atoms with Gasteiger partial charge in [-0.15, -0.1) is 11.3 Å². The van der Waals surface area contributed by atoms with Crippen LogP contribution in [-0.4, -0.2) is 6.61 Å². The minimum absolute atomic E-state index is 0.0358. The van der Waals surface area contributed by atoms with E-state index in [0.29, 0.717) is 0 Å². The number of benzene rings is 1. The summed E-state index contributed by atoms with van der Waals surface area (Å²) in [6, 6.07) is 8.79. The number of aryl methyl sites for hydroxylation is 3. The van der Waals surface area contributed by atoms with Crippen molar-refractivity contribution < 1.29 is 4.74 Å². The average molecular weight is 300 g/mol. The Morgan fingerprint density at radius 3 is 2.90 bits per heavy atom. The second kappa shape index (κ2) is 5.44. The van der Waals surface area contributed by atoms with Gasteiger partial charge in [-0.25, -0.2) is 5.43 Å². The number of nitrogens with one attached hydrogen (secondary N) is 1. The Balaban J connectivity index is 1.75. The number of fused-ring (bicyclic) bond motifs is 2. The summed E-state index contributed by atoms with van der Waals surface area (Å²) in [6.07, 6.45) is 5.94. The van der Waals surface area contributed by atoms with E-state index in [1.54, 1.807) is 0 Å². The van der Waals surface area contributed by atoms with Gasteiger partial charge in [0.2, 0.25) is 0 Å². The first kappa shape index (κ1) is 13.3. The molecule has 1 aromatic heterocycles. The topological polar surface area (TPSA) is 47.3 Å². The SMILES string of the molecule is NNC(c1cc2c(s1)CCC2)c1cccc2c1OCCC2. The Morgan fingerprint density at radius 2 is 2.05 bits per heavy atom. The number of hydrogen-bond acceptors (Lipinski definition) is 4. The van der Waals surface area contributed by atoms with E-state index in [0.717, 1.165) is 25.2 Å². The van der Waals surface area contributed by atoms with Crippen molar-refractivity contribution in [2.45, 2.75) is 38.1 Å². The number of hydrogen-bond donors (Lipinski definition) is 2. The molecule has 0 fully saturated rings. The van der Waals surface area contributed by atoms with E-state index in [4.69, 9.17) is 10.6 Å². The standard InChI is InChI=1S/C17H20N2OS/c18-19-16(15-10-12-5-2-8-14(12)21-15)13-7-1-4-11-6-3-9-20-17(11)13/h1,4,7,10,16,19H,2-3,5-6,8-9,18H2. The van der Waals surface area contributed by atoms with Crippen LogP contribution in [0.25, 0.3) is 0 Å². The van der Waals surface area contributed by atoms with Crippen LogP contribution in [0, 0.1) is 0 Å². The Kier molecular flexibility index (Phi) is 3.45. The zero-order chi connectivity index (χ0) is 14.2. The minimum Gasteiger partial charge on any atom is -0.493 e. The fourth-order valence-corrected chi connectivity index (χ4v) is 4.80. The molecule has 110 valence electrons. The second-order valence-electron chi connectivity index (χ2n) is 5.84. The summed E-state index contributed by atoms with van der Waals surface area (Å²) in [4.78, 5) is 2.85. The molecule has 4 rings (SSSR count). The third-order valence-electron chi connectivity index (χ3n) is 4.49. The van der Waals surface area contributed by atoms with Gasteiger partial charge >= 0.3 is 0 Å². The van der Waals surface area contributed by atoms with Crippen molar-refractivity contribution in [3.05, 3.63) is 50.7 Å². The van der Waals surface area contributed by atoms with Gasteiger partial charge in [0.05, 0.1) is 12.6 Å². The van der Waals surface area contributed by atoms with Crippen LogP contribution >= 0.6 is 11.3 Å². The summed E-state index contributed by atoms with van der Waals surface area (Å²) in [6.45, 7) is 0.808. The summed E-state index contributed by atoms with van der Waals surface area (Å²) in [5.74, 6) is 6.93. The fraction of sp³-hybridized carbons (Fsp3) is 0.412. The third kappa shape index (κ3) is 2.27. The first-order valence-electron chi connectivity index (χ1n) is 7.69. The molecule has 0 spiro atoms. The molecule has 0 radical (unpaired) electrons. The molecule has 0 bridgehead atoms. The van der Waals surface area contributed by atoms with Crippen LogP contribution in [0.2, 0.25) is 0 Å². The molecule has 4 heteroatoms. The van der Waals surface area contributed by atoms with Gasteiger partial charge < -0.3 is 4.74 Å². The molecule has 1 atom stereocenters. The summed E-state index contributed by atoms with van der Waals surface area (Å²) < 4.78 is 5.95. The van der Waals surface area contributed by atoms with Gasteiger partial charge in [0, 0.05) is 15.3 Å². The van der Waals surface area contributed by atoms with E-state index in [2.05, 4.69) is 29.7 Å². The molecule has 0 saturated carbocycles. The van der Waals surface area contributed by atoms with Gasteiger partial charge in [-0.2, -0.15) is 0 Å². The predicted molar refractivity (Wildman–Crippen MR) is 85.8 cm³/mol. The van der Waals surface area contributed by atoms with E-state index in [-0.39, 0.29) is 6.04 Å². The smallest absolute Gasteiger partial charge is 0.127 e. The van der Waals surface area contributed by atoms with Crippen molar-refractivity contribution in [1.29, 1.82) is 0 Å². The molecule has 1 aromatic carbocycles. The molecular weight excluding hydrogens is 280 g/mol. The second-order valence-corrected chi connectivity index (χ2v) is 7.01. The molecule has 0 saturated heterocycles. The van der Waals surface area contributed by atoms with Crippen molar-refractivity contribution in [1.82, 2.24) is 5.43 Å². The maximum Gasteiger partial charge on any atom is 0.127 e. The molecular formula is C17H20N2OS. The number of hydrazine groups is 1. The molecule has 21 heavy (non-hydrogen) atoms. The van der Waals surface area contributed by atoms with Crippen molar-refractivity contribution in [3.8, 4) is 5.75 Å². The number of ether oxygens (including phenoxy) is 1. The average Bonchev–Trinajstić information content (AvgIpc) is 3.10. The lowest BCUT2D eigenvalue weighted by Gasteiger charge is -2.24. The summed E-state index contributed by atoms with van der Waals surface area (Å²) >= 11 is 1.90. The van der Waals surface area contributed by atoms with E-state index in [1.165, 1.54) is 45.7 Å². The molecule has 2 heterocycles. The zero-order valence-electron chi connectivity index (χ0n) is 12.0. The quantitative estimate of drug-likeness (QED) is 0.676. The van der Waals surface area contributed by atoms with Crippen LogP contribution in [0.15, 0.2) is 24.3 Å². The van der Waals surface area contributed by atoms with Crippen LogP contribution in [0.1, 0.15) is 45.3 Å². The highest BCUT2D eigenvalue weighted by atomic mass is 32.1. The van der Waals surface area contributed by atoms with Gasteiger partial charge in [-0.3, -0.25) is 5.84 Å². The van der Waals surface area contributed by atoms with Crippen molar-refractivity contribution >= 4 is 11.3 Å². The van der Waals surface area contributed by atoms with E-state index in [9.17, 15) is 0 Å². The van der Waals surface area contributed by atoms with E-state index >= 15 is 0 Å². The molecule has 2 aliphatic rings. The molecule has 1 unspecified atom stereocenters. The van der Waals surface area contributed by atoms with Crippen molar-refractivity contribution in [2.24, 2.45) is 5.84 Å². The first-order chi connectivity index (χ1) is 10.4. The summed E-state index contributed by atoms with van der Waals surface area (Å²) in [7, 11) is 0. The molecule has 2 aromatic rings. The Labute approximate surface area is 129 Å². The van der Waals surface area contributed by atoms with E-state index < -0.39 is 0 Å². The van der Waals surface area contributed by atoms with Crippen molar-refractivity contribution in [3.63, 3.8) is 0 Å². The highest BCUT2D eigenvalue weighted by molar-refractivity contribution is 7.12. The molecule has 1 aliphatic heterocycles. The lowest BCUT2D eigenvalue weighted by atomic mass is 9.97. The molecule has 3 nitrogen and oxygen atoms in total. The van der Waals surface area contributed by atoms with Gasteiger partial charge in [0.15, 0.2) is 0 Å². The van der Waals surface area contributed by atoms with Crippen LogP contribution in [0.4, 0.5) is 0 Å². The van der Waals surface area contributed by atoms with Crippen LogP contribution in [0.5, 0.6) is 5.75 Å². The van der Waals surface area contributed by atoms with Crippen LogP contribution < -0.4 is 16.0 Å². The van der Waals surface area contributed by atoms with Crippen LogP contribution in [0.3, 0.4) is 0 Å².